The third-order valence-corrected chi connectivity index (χ3v) is 5.69. The zero-order valence-electron chi connectivity index (χ0n) is 16.2. The molecule has 1 saturated carbocycles. The minimum atomic E-state index is -0.0254. The molecule has 0 amide bonds. The third kappa shape index (κ3) is 2.97. The second-order valence-electron chi connectivity index (χ2n) is 7.90. The summed E-state index contributed by atoms with van der Waals surface area (Å²) >= 11 is 0. The van der Waals surface area contributed by atoms with Crippen molar-refractivity contribution in [1.82, 2.24) is 25.1 Å². The van der Waals surface area contributed by atoms with Crippen LogP contribution < -0.4 is 0 Å². The molecule has 6 rings (SSSR count). The molecular weight excluding hydrogens is 374 g/mol. The fourth-order valence-corrected chi connectivity index (χ4v) is 3.94. The minimum Gasteiger partial charge on any atom is -0.335 e. The van der Waals surface area contributed by atoms with Crippen molar-refractivity contribution in [2.75, 3.05) is 0 Å². The van der Waals surface area contributed by atoms with Gasteiger partial charge in [0.2, 0.25) is 5.78 Å². The maximum Gasteiger partial charge on any atom is 0.202 e. The van der Waals surface area contributed by atoms with Gasteiger partial charge in [-0.15, -0.1) is 0 Å². The first-order valence-electron chi connectivity index (χ1n) is 10.2. The normalized spacial score (nSPS) is 13.9. The van der Waals surface area contributed by atoms with E-state index in [1.807, 2.05) is 54.7 Å². The van der Waals surface area contributed by atoms with E-state index in [0.29, 0.717) is 18.2 Å². The number of benzene rings is 2. The van der Waals surface area contributed by atoms with Crippen LogP contribution in [-0.4, -0.2) is 30.9 Å². The first-order chi connectivity index (χ1) is 14.7. The van der Waals surface area contributed by atoms with Crippen LogP contribution in [-0.2, 0) is 6.42 Å². The quantitative estimate of drug-likeness (QED) is 0.420. The van der Waals surface area contributed by atoms with Crippen molar-refractivity contribution in [1.29, 1.82) is 0 Å². The summed E-state index contributed by atoms with van der Waals surface area (Å²) in [5.41, 5.74) is 6.54. The van der Waals surface area contributed by atoms with Crippen LogP contribution in [0.2, 0.25) is 0 Å². The monoisotopic (exact) mass is 393 g/mol. The summed E-state index contributed by atoms with van der Waals surface area (Å²) in [6, 6.07) is 17.8. The molecule has 0 aliphatic heterocycles. The van der Waals surface area contributed by atoms with Gasteiger partial charge < -0.3 is 4.98 Å². The van der Waals surface area contributed by atoms with Gasteiger partial charge in [-0.1, -0.05) is 30.3 Å². The van der Waals surface area contributed by atoms with E-state index in [-0.39, 0.29) is 5.78 Å². The lowest BCUT2D eigenvalue weighted by atomic mass is 10.1. The Hall–Kier alpha value is -3.80. The highest BCUT2D eigenvalue weighted by molar-refractivity contribution is 6.03. The molecule has 5 aromatic rings. The number of aromatic nitrogens is 5. The van der Waals surface area contributed by atoms with Gasteiger partial charge in [0, 0.05) is 35.2 Å². The molecule has 3 heterocycles. The number of fused-ring (bicyclic) bond motifs is 2. The Morgan fingerprint density at radius 1 is 1.03 bits per heavy atom. The fourth-order valence-electron chi connectivity index (χ4n) is 3.94. The molecule has 2 aromatic carbocycles. The summed E-state index contributed by atoms with van der Waals surface area (Å²) in [4.78, 5) is 24.9. The Bertz CT molecular complexity index is 1400. The smallest absolute Gasteiger partial charge is 0.202 e. The molecular formula is C24H19N5O. The number of aromatic amines is 2. The van der Waals surface area contributed by atoms with E-state index in [1.165, 1.54) is 12.8 Å². The van der Waals surface area contributed by atoms with Crippen LogP contribution in [0.3, 0.4) is 0 Å². The van der Waals surface area contributed by atoms with E-state index in [0.717, 1.165) is 44.5 Å². The van der Waals surface area contributed by atoms with E-state index in [9.17, 15) is 4.79 Å². The highest BCUT2D eigenvalue weighted by Gasteiger charge is 2.25. The molecule has 1 fully saturated rings. The topological polar surface area (TPSA) is 87.3 Å². The third-order valence-electron chi connectivity index (χ3n) is 5.69. The predicted molar refractivity (Wildman–Crippen MR) is 115 cm³/mol. The van der Waals surface area contributed by atoms with Gasteiger partial charge in [-0.2, -0.15) is 5.10 Å². The summed E-state index contributed by atoms with van der Waals surface area (Å²) < 4.78 is 0. The summed E-state index contributed by atoms with van der Waals surface area (Å²) in [7, 11) is 0. The van der Waals surface area contributed by atoms with Crippen molar-refractivity contribution in [3.05, 3.63) is 77.9 Å². The molecule has 2 N–H and O–H groups in total. The van der Waals surface area contributed by atoms with Crippen LogP contribution in [0.1, 0.15) is 40.6 Å². The number of carbonyl (C=O) groups excluding carboxylic acids is 1. The zero-order chi connectivity index (χ0) is 20.1. The molecule has 0 spiro atoms. The van der Waals surface area contributed by atoms with Gasteiger partial charge >= 0.3 is 0 Å². The van der Waals surface area contributed by atoms with E-state index in [1.54, 1.807) is 0 Å². The Morgan fingerprint density at radius 3 is 2.73 bits per heavy atom. The van der Waals surface area contributed by atoms with Crippen LogP contribution in [0.15, 0.2) is 60.8 Å². The van der Waals surface area contributed by atoms with Crippen LogP contribution in [0.4, 0.5) is 0 Å². The molecule has 0 saturated heterocycles. The maximum absolute atomic E-state index is 12.7. The zero-order valence-corrected chi connectivity index (χ0v) is 16.2. The summed E-state index contributed by atoms with van der Waals surface area (Å²) in [5.74, 6) is 0.949. The Morgan fingerprint density at radius 2 is 1.90 bits per heavy atom. The average Bonchev–Trinajstić information content (AvgIpc) is 3.42. The predicted octanol–water partition coefficient (Wildman–Crippen LogP) is 4.80. The van der Waals surface area contributed by atoms with Crippen molar-refractivity contribution in [3.8, 4) is 11.3 Å². The molecule has 0 radical (unpaired) electrons. The van der Waals surface area contributed by atoms with Gasteiger partial charge in [-0.25, -0.2) is 4.98 Å². The SMILES string of the molecule is O=C(Cc1ccccc1)c1nc2cc3c(-c4ccnc(C5CC5)c4)n[nH]c3cc2[nH]1. The van der Waals surface area contributed by atoms with Crippen LogP contribution in [0, 0.1) is 0 Å². The van der Waals surface area contributed by atoms with Crippen molar-refractivity contribution in [2.45, 2.75) is 25.2 Å². The highest BCUT2D eigenvalue weighted by atomic mass is 16.1. The number of nitrogens with zero attached hydrogens (tertiary/aromatic N) is 3. The molecule has 1 aliphatic carbocycles. The molecule has 0 bridgehead atoms. The van der Waals surface area contributed by atoms with E-state index in [2.05, 4.69) is 31.2 Å². The number of ketones is 1. The second-order valence-corrected chi connectivity index (χ2v) is 7.90. The molecule has 1 aliphatic rings. The number of H-pyrrole nitrogens is 2. The lowest BCUT2D eigenvalue weighted by Gasteiger charge is -2.01. The number of imidazole rings is 1. The van der Waals surface area contributed by atoms with E-state index in [4.69, 9.17) is 0 Å². The standard InChI is InChI=1S/C24H19N5O/c30-22(10-14-4-2-1-3-5-14)24-26-20-12-17-19(13-21(20)27-24)28-29-23(17)16-8-9-25-18(11-16)15-6-7-15/h1-5,8-9,11-13,15H,6-7,10H2,(H,26,27)(H,28,29). The minimum absolute atomic E-state index is 0.0254. The van der Waals surface area contributed by atoms with Crippen molar-refractivity contribution < 1.29 is 4.79 Å². The number of carbonyl (C=O) groups is 1. The van der Waals surface area contributed by atoms with Gasteiger partial charge in [-0.3, -0.25) is 14.9 Å². The first kappa shape index (κ1) is 17.1. The number of pyridine rings is 1. The number of hydrogen-bond donors (Lipinski definition) is 2. The van der Waals surface area contributed by atoms with Gasteiger partial charge in [0.05, 0.1) is 16.6 Å². The molecule has 0 unspecified atom stereocenters. The van der Waals surface area contributed by atoms with Crippen LogP contribution in [0.25, 0.3) is 33.2 Å². The number of hydrogen-bond acceptors (Lipinski definition) is 4. The van der Waals surface area contributed by atoms with Crippen molar-refractivity contribution in [3.63, 3.8) is 0 Å². The first-order valence-corrected chi connectivity index (χ1v) is 10.2. The van der Waals surface area contributed by atoms with Gasteiger partial charge in [0.15, 0.2) is 5.82 Å². The lowest BCUT2D eigenvalue weighted by molar-refractivity contribution is 0.0984. The van der Waals surface area contributed by atoms with E-state index < -0.39 is 0 Å². The van der Waals surface area contributed by atoms with Crippen LogP contribution in [0.5, 0.6) is 0 Å². The second kappa shape index (κ2) is 6.62. The number of Topliss-reactive ketones (excluding diaryl/α,β-unsaturated/α-hetero) is 1. The molecule has 3 aromatic heterocycles. The number of nitrogens with one attached hydrogen (secondary N) is 2. The molecule has 6 nitrogen and oxygen atoms in total. The molecule has 0 atom stereocenters. The van der Waals surface area contributed by atoms with Gasteiger partial charge in [0.1, 0.15) is 5.69 Å². The summed E-state index contributed by atoms with van der Waals surface area (Å²) in [5, 5.41) is 8.65. The molecule has 6 heteroatoms. The number of rotatable bonds is 5. The lowest BCUT2D eigenvalue weighted by Crippen LogP contribution is -2.05. The summed E-state index contributed by atoms with van der Waals surface area (Å²) in [6.45, 7) is 0. The molecule has 30 heavy (non-hydrogen) atoms. The van der Waals surface area contributed by atoms with E-state index >= 15 is 0 Å². The largest absolute Gasteiger partial charge is 0.335 e. The van der Waals surface area contributed by atoms with Gasteiger partial charge in [-0.05, 0) is 42.7 Å². The van der Waals surface area contributed by atoms with Crippen LogP contribution >= 0.6 is 0 Å². The maximum atomic E-state index is 12.7. The average molecular weight is 393 g/mol. The Kier molecular flexibility index (Phi) is 3.77. The summed E-state index contributed by atoms with van der Waals surface area (Å²) in [6.07, 6.45) is 4.61. The Balaban J connectivity index is 1.38. The van der Waals surface area contributed by atoms with Gasteiger partial charge in [0.25, 0.3) is 0 Å². The fraction of sp³-hybridized carbons (Fsp3) is 0.167. The highest BCUT2D eigenvalue weighted by Crippen LogP contribution is 2.40. The molecule has 146 valence electrons. The van der Waals surface area contributed by atoms with Crippen molar-refractivity contribution in [2.24, 2.45) is 0 Å². The Labute approximate surface area is 172 Å². The van der Waals surface area contributed by atoms with Crippen molar-refractivity contribution >= 4 is 27.7 Å².